The fraction of sp³-hybridized carbons (Fsp3) is 0.625. The Morgan fingerprint density at radius 3 is 2.45 bits per heavy atom. The van der Waals surface area contributed by atoms with E-state index in [1.807, 2.05) is 12.1 Å². The normalized spacial score (nSPS) is 34.4. The van der Waals surface area contributed by atoms with Crippen LogP contribution in [0.15, 0.2) is 18.2 Å². The summed E-state index contributed by atoms with van der Waals surface area (Å²) < 4.78 is 0. The standard InChI is InChI=1S/C16H21Cl2NO/c17-14-2-1-11(9-15(14)18)16(12-5-8-19-10-12)6-3-13(20)4-7-16/h1-2,9,12-13,19-20H,3-8,10H2/t12-,13?,16?/m0/s1. The average molecular weight is 314 g/mol. The zero-order valence-corrected chi connectivity index (χ0v) is 13.1. The lowest BCUT2D eigenvalue weighted by molar-refractivity contribution is 0.0745. The number of hydrogen-bond donors (Lipinski definition) is 2. The molecule has 1 aromatic carbocycles. The van der Waals surface area contributed by atoms with E-state index < -0.39 is 0 Å². The van der Waals surface area contributed by atoms with Crippen LogP contribution in [0.1, 0.15) is 37.7 Å². The predicted molar refractivity (Wildman–Crippen MR) is 83.6 cm³/mol. The van der Waals surface area contributed by atoms with Crippen molar-refractivity contribution in [1.82, 2.24) is 5.32 Å². The Kier molecular flexibility index (Phi) is 4.28. The van der Waals surface area contributed by atoms with Gasteiger partial charge in [-0.1, -0.05) is 29.3 Å². The number of aliphatic hydroxyl groups excluding tert-OH is 1. The molecule has 1 saturated carbocycles. The molecule has 0 amide bonds. The van der Waals surface area contributed by atoms with Gasteiger partial charge in [-0.25, -0.2) is 0 Å². The van der Waals surface area contributed by atoms with Crippen LogP contribution in [-0.2, 0) is 5.41 Å². The van der Waals surface area contributed by atoms with Crippen molar-refractivity contribution >= 4 is 23.2 Å². The second kappa shape index (κ2) is 5.84. The second-order valence-electron chi connectivity index (χ2n) is 6.21. The molecule has 110 valence electrons. The van der Waals surface area contributed by atoms with E-state index in [-0.39, 0.29) is 11.5 Å². The molecule has 0 bridgehead atoms. The minimum absolute atomic E-state index is 0.139. The lowest BCUT2D eigenvalue weighted by atomic mass is 9.61. The highest BCUT2D eigenvalue weighted by Gasteiger charge is 2.43. The van der Waals surface area contributed by atoms with Gasteiger partial charge < -0.3 is 10.4 Å². The molecule has 1 saturated heterocycles. The zero-order chi connectivity index (χ0) is 14.2. The van der Waals surface area contributed by atoms with Crippen LogP contribution in [0.2, 0.25) is 10.0 Å². The third kappa shape index (κ3) is 2.59. The first-order chi connectivity index (χ1) is 9.62. The van der Waals surface area contributed by atoms with Gasteiger partial charge in [-0.15, -0.1) is 0 Å². The highest BCUT2D eigenvalue weighted by atomic mass is 35.5. The van der Waals surface area contributed by atoms with Crippen molar-refractivity contribution in [2.75, 3.05) is 13.1 Å². The van der Waals surface area contributed by atoms with E-state index in [2.05, 4.69) is 11.4 Å². The number of benzene rings is 1. The van der Waals surface area contributed by atoms with E-state index in [1.165, 1.54) is 12.0 Å². The topological polar surface area (TPSA) is 32.3 Å². The highest BCUT2D eigenvalue weighted by Crippen LogP contribution is 2.48. The van der Waals surface area contributed by atoms with Crippen LogP contribution in [0.5, 0.6) is 0 Å². The van der Waals surface area contributed by atoms with E-state index in [0.29, 0.717) is 16.0 Å². The van der Waals surface area contributed by atoms with Crippen LogP contribution in [0, 0.1) is 5.92 Å². The maximum atomic E-state index is 9.87. The summed E-state index contributed by atoms with van der Waals surface area (Å²) in [5, 5.41) is 14.6. The Morgan fingerprint density at radius 2 is 1.85 bits per heavy atom. The Morgan fingerprint density at radius 1 is 1.10 bits per heavy atom. The van der Waals surface area contributed by atoms with Crippen molar-refractivity contribution in [2.45, 2.75) is 43.6 Å². The molecule has 1 atom stereocenters. The first-order valence-corrected chi connectivity index (χ1v) is 8.22. The molecular formula is C16H21Cl2NO. The summed E-state index contributed by atoms with van der Waals surface area (Å²) in [6.07, 6.45) is 4.92. The summed E-state index contributed by atoms with van der Waals surface area (Å²) in [6, 6.07) is 6.08. The number of nitrogens with one attached hydrogen (secondary N) is 1. The quantitative estimate of drug-likeness (QED) is 0.871. The van der Waals surface area contributed by atoms with Gasteiger partial charge in [0, 0.05) is 0 Å². The number of aliphatic hydroxyl groups is 1. The summed E-state index contributed by atoms with van der Waals surface area (Å²) in [5.74, 6) is 0.632. The van der Waals surface area contributed by atoms with Crippen LogP contribution >= 0.6 is 23.2 Å². The number of rotatable bonds is 2. The first kappa shape index (κ1) is 14.6. The molecule has 1 heterocycles. The molecule has 0 radical (unpaired) electrons. The van der Waals surface area contributed by atoms with Crippen molar-refractivity contribution in [3.8, 4) is 0 Å². The van der Waals surface area contributed by atoms with Gasteiger partial charge >= 0.3 is 0 Å². The molecule has 0 aromatic heterocycles. The van der Waals surface area contributed by atoms with Crippen LogP contribution in [-0.4, -0.2) is 24.3 Å². The lowest BCUT2D eigenvalue weighted by Gasteiger charge is -2.44. The van der Waals surface area contributed by atoms with Gasteiger partial charge in [0.1, 0.15) is 0 Å². The summed E-state index contributed by atoms with van der Waals surface area (Å²) in [5.41, 5.74) is 1.45. The first-order valence-electron chi connectivity index (χ1n) is 7.46. The number of hydrogen-bond acceptors (Lipinski definition) is 2. The van der Waals surface area contributed by atoms with Gasteiger partial charge in [-0.2, -0.15) is 0 Å². The summed E-state index contributed by atoms with van der Waals surface area (Å²) in [4.78, 5) is 0. The van der Waals surface area contributed by atoms with E-state index in [1.54, 1.807) is 0 Å². The Hall–Kier alpha value is -0.280. The summed E-state index contributed by atoms with van der Waals surface area (Å²) in [7, 11) is 0. The molecule has 1 aliphatic heterocycles. The summed E-state index contributed by atoms with van der Waals surface area (Å²) in [6.45, 7) is 2.16. The largest absolute Gasteiger partial charge is 0.393 e. The van der Waals surface area contributed by atoms with Crippen molar-refractivity contribution in [3.63, 3.8) is 0 Å². The van der Waals surface area contributed by atoms with Gasteiger partial charge in [-0.3, -0.25) is 0 Å². The minimum atomic E-state index is -0.139. The molecule has 0 spiro atoms. The van der Waals surface area contributed by atoms with Crippen LogP contribution < -0.4 is 5.32 Å². The molecule has 1 aromatic rings. The molecule has 2 fully saturated rings. The van der Waals surface area contributed by atoms with E-state index in [9.17, 15) is 5.11 Å². The third-order valence-corrected chi connectivity index (χ3v) is 5.92. The third-order valence-electron chi connectivity index (χ3n) is 5.18. The van der Waals surface area contributed by atoms with Crippen LogP contribution in [0.3, 0.4) is 0 Å². The molecule has 20 heavy (non-hydrogen) atoms. The van der Waals surface area contributed by atoms with E-state index in [0.717, 1.165) is 38.8 Å². The second-order valence-corrected chi connectivity index (χ2v) is 7.02. The molecule has 2 N–H and O–H groups in total. The number of halogens is 2. The predicted octanol–water partition coefficient (Wildman–Crippen LogP) is 3.78. The fourth-order valence-corrected chi connectivity index (χ4v) is 4.28. The SMILES string of the molecule is OC1CCC(c2ccc(Cl)c(Cl)c2)([C@H]2CCNC2)CC1. The highest BCUT2D eigenvalue weighted by molar-refractivity contribution is 6.42. The maximum absolute atomic E-state index is 9.87. The summed E-state index contributed by atoms with van der Waals surface area (Å²) >= 11 is 12.3. The molecule has 2 aliphatic rings. The average Bonchev–Trinajstić information content (AvgIpc) is 2.98. The molecular weight excluding hydrogens is 293 g/mol. The molecule has 0 unspecified atom stereocenters. The molecule has 4 heteroatoms. The van der Waals surface area contributed by atoms with Gasteiger partial charge in [0.15, 0.2) is 0 Å². The van der Waals surface area contributed by atoms with Gasteiger partial charge in [0.05, 0.1) is 16.1 Å². The Balaban J connectivity index is 1.97. The van der Waals surface area contributed by atoms with Gasteiger partial charge in [0.2, 0.25) is 0 Å². The minimum Gasteiger partial charge on any atom is -0.393 e. The zero-order valence-electron chi connectivity index (χ0n) is 11.5. The molecule has 1 aliphatic carbocycles. The maximum Gasteiger partial charge on any atom is 0.0595 e. The smallest absolute Gasteiger partial charge is 0.0595 e. The Labute approximate surface area is 130 Å². The molecule has 2 nitrogen and oxygen atoms in total. The van der Waals surface area contributed by atoms with Crippen LogP contribution in [0.25, 0.3) is 0 Å². The van der Waals surface area contributed by atoms with Crippen LogP contribution in [0.4, 0.5) is 0 Å². The van der Waals surface area contributed by atoms with E-state index in [4.69, 9.17) is 23.2 Å². The molecule has 3 rings (SSSR count). The van der Waals surface area contributed by atoms with Gasteiger partial charge in [0.25, 0.3) is 0 Å². The van der Waals surface area contributed by atoms with Gasteiger partial charge in [-0.05, 0) is 74.2 Å². The van der Waals surface area contributed by atoms with Crippen molar-refractivity contribution < 1.29 is 5.11 Å². The Bertz CT molecular complexity index is 477. The lowest BCUT2D eigenvalue weighted by Crippen LogP contribution is -2.41. The van der Waals surface area contributed by atoms with Crippen molar-refractivity contribution in [2.24, 2.45) is 5.92 Å². The fourth-order valence-electron chi connectivity index (χ4n) is 3.98. The van der Waals surface area contributed by atoms with Crippen molar-refractivity contribution in [3.05, 3.63) is 33.8 Å². The van der Waals surface area contributed by atoms with Crippen molar-refractivity contribution in [1.29, 1.82) is 0 Å². The van der Waals surface area contributed by atoms with E-state index >= 15 is 0 Å². The monoisotopic (exact) mass is 313 g/mol.